The van der Waals surface area contributed by atoms with E-state index >= 15 is 0 Å². The second-order valence-electron chi connectivity index (χ2n) is 4.34. The molecule has 0 spiro atoms. The van der Waals surface area contributed by atoms with Gasteiger partial charge in [0.2, 0.25) is 0 Å². The first kappa shape index (κ1) is 15.6. The van der Waals surface area contributed by atoms with Crippen molar-refractivity contribution in [2.45, 2.75) is 19.9 Å². The lowest BCUT2D eigenvalue weighted by Gasteiger charge is -2.09. The zero-order valence-corrected chi connectivity index (χ0v) is 13.6. The van der Waals surface area contributed by atoms with Gasteiger partial charge in [-0.05, 0) is 42.3 Å². The Morgan fingerprint density at radius 2 is 2.05 bits per heavy atom. The van der Waals surface area contributed by atoms with Crippen LogP contribution < -0.4 is 10.1 Å². The summed E-state index contributed by atoms with van der Waals surface area (Å²) in [6.07, 6.45) is 0.910. The van der Waals surface area contributed by atoms with E-state index in [0.29, 0.717) is 6.61 Å². The van der Waals surface area contributed by atoms with Crippen LogP contribution in [0.25, 0.3) is 0 Å². The van der Waals surface area contributed by atoms with Gasteiger partial charge in [-0.2, -0.15) is 0 Å². The van der Waals surface area contributed by atoms with Crippen molar-refractivity contribution in [3.8, 4) is 5.75 Å². The van der Waals surface area contributed by atoms with Crippen molar-refractivity contribution in [2.75, 3.05) is 13.2 Å². The van der Waals surface area contributed by atoms with Gasteiger partial charge in [0.25, 0.3) is 0 Å². The molecule has 20 heavy (non-hydrogen) atoms. The van der Waals surface area contributed by atoms with Gasteiger partial charge in [0.1, 0.15) is 12.4 Å². The van der Waals surface area contributed by atoms with Crippen molar-refractivity contribution >= 4 is 34.5 Å². The SMILES string of the molecule is CCc1cc(OCCNCc2ccc(Cl)s2)ccc1Cl. The van der Waals surface area contributed by atoms with E-state index in [9.17, 15) is 0 Å². The lowest BCUT2D eigenvalue weighted by Crippen LogP contribution is -2.20. The van der Waals surface area contributed by atoms with Crippen molar-refractivity contribution in [2.24, 2.45) is 0 Å². The van der Waals surface area contributed by atoms with Crippen LogP contribution >= 0.6 is 34.5 Å². The summed E-state index contributed by atoms with van der Waals surface area (Å²) in [5, 5.41) is 4.12. The standard InChI is InChI=1S/C15H17Cl2NOS/c1-2-11-9-12(3-5-14(11)16)19-8-7-18-10-13-4-6-15(17)20-13/h3-6,9,18H,2,7-8,10H2,1H3. The molecule has 0 radical (unpaired) electrons. The van der Waals surface area contributed by atoms with E-state index in [2.05, 4.69) is 12.2 Å². The first-order valence-electron chi connectivity index (χ1n) is 6.55. The highest BCUT2D eigenvalue weighted by Gasteiger charge is 2.01. The van der Waals surface area contributed by atoms with Crippen LogP contribution in [0.1, 0.15) is 17.4 Å². The minimum absolute atomic E-state index is 0.629. The molecule has 0 atom stereocenters. The summed E-state index contributed by atoms with van der Waals surface area (Å²) in [4.78, 5) is 1.23. The highest BCUT2D eigenvalue weighted by molar-refractivity contribution is 7.16. The maximum Gasteiger partial charge on any atom is 0.119 e. The van der Waals surface area contributed by atoms with E-state index in [1.807, 2.05) is 30.3 Å². The predicted molar refractivity (Wildman–Crippen MR) is 87.4 cm³/mol. The Morgan fingerprint density at radius 1 is 1.20 bits per heavy atom. The lowest BCUT2D eigenvalue weighted by molar-refractivity contribution is 0.313. The molecule has 108 valence electrons. The highest BCUT2D eigenvalue weighted by Crippen LogP contribution is 2.22. The van der Waals surface area contributed by atoms with Gasteiger partial charge >= 0.3 is 0 Å². The first-order valence-corrected chi connectivity index (χ1v) is 8.12. The zero-order valence-electron chi connectivity index (χ0n) is 11.3. The number of thiophene rings is 1. The smallest absolute Gasteiger partial charge is 0.119 e. The van der Waals surface area contributed by atoms with Crippen LogP contribution in [0.15, 0.2) is 30.3 Å². The Bertz CT molecular complexity index is 557. The Kier molecular flexibility index (Phi) is 6.17. The highest BCUT2D eigenvalue weighted by atomic mass is 35.5. The van der Waals surface area contributed by atoms with E-state index in [1.165, 1.54) is 4.88 Å². The van der Waals surface area contributed by atoms with Crippen LogP contribution in [-0.4, -0.2) is 13.2 Å². The third-order valence-corrected chi connectivity index (χ3v) is 4.47. The molecule has 2 aromatic rings. The summed E-state index contributed by atoms with van der Waals surface area (Å²) in [5.74, 6) is 0.868. The van der Waals surface area contributed by atoms with Crippen molar-refractivity contribution in [3.63, 3.8) is 0 Å². The summed E-state index contributed by atoms with van der Waals surface area (Å²) >= 11 is 13.5. The van der Waals surface area contributed by atoms with Crippen LogP contribution in [0.5, 0.6) is 5.75 Å². The summed E-state index contributed by atoms with van der Waals surface area (Å²) in [5.41, 5.74) is 1.12. The van der Waals surface area contributed by atoms with Gasteiger partial charge in [-0.15, -0.1) is 11.3 Å². The van der Waals surface area contributed by atoms with Gasteiger partial charge in [-0.3, -0.25) is 0 Å². The lowest BCUT2D eigenvalue weighted by atomic mass is 10.1. The molecule has 0 amide bonds. The van der Waals surface area contributed by atoms with Crippen molar-refractivity contribution in [1.82, 2.24) is 5.32 Å². The number of hydrogen-bond acceptors (Lipinski definition) is 3. The van der Waals surface area contributed by atoms with E-state index in [4.69, 9.17) is 27.9 Å². The van der Waals surface area contributed by atoms with Gasteiger partial charge in [0.05, 0.1) is 4.34 Å². The van der Waals surface area contributed by atoms with Crippen molar-refractivity contribution in [1.29, 1.82) is 0 Å². The number of ether oxygens (including phenoxy) is 1. The molecule has 0 bridgehead atoms. The maximum absolute atomic E-state index is 6.07. The van der Waals surface area contributed by atoms with Crippen LogP contribution in [0.4, 0.5) is 0 Å². The van der Waals surface area contributed by atoms with Gasteiger partial charge in [0, 0.05) is 23.0 Å². The predicted octanol–water partition coefficient (Wildman–Crippen LogP) is 4.79. The monoisotopic (exact) mass is 329 g/mol. The molecule has 1 aromatic carbocycles. The van der Waals surface area contributed by atoms with Gasteiger partial charge < -0.3 is 10.1 Å². The zero-order chi connectivity index (χ0) is 14.4. The molecule has 1 aromatic heterocycles. The molecule has 0 saturated carbocycles. The minimum Gasteiger partial charge on any atom is -0.492 e. The molecule has 2 nitrogen and oxygen atoms in total. The van der Waals surface area contributed by atoms with Gasteiger partial charge in [-0.25, -0.2) is 0 Å². The third-order valence-electron chi connectivity index (χ3n) is 2.87. The van der Waals surface area contributed by atoms with Crippen molar-refractivity contribution in [3.05, 3.63) is 50.1 Å². The number of nitrogens with one attached hydrogen (secondary N) is 1. The fraction of sp³-hybridized carbons (Fsp3) is 0.333. The second kappa shape index (κ2) is 7.89. The maximum atomic E-state index is 6.07. The Labute approximate surface area is 133 Å². The van der Waals surface area contributed by atoms with Gasteiger partial charge in [0.15, 0.2) is 0 Å². The fourth-order valence-corrected chi connectivity index (χ4v) is 3.12. The Morgan fingerprint density at radius 3 is 2.75 bits per heavy atom. The first-order chi connectivity index (χ1) is 9.69. The van der Waals surface area contributed by atoms with E-state index < -0.39 is 0 Å². The van der Waals surface area contributed by atoms with Crippen molar-refractivity contribution < 1.29 is 4.74 Å². The average Bonchev–Trinajstić information content (AvgIpc) is 2.86. The number of halogens is 2. The number of rotatable bonds is 7. The molecule has 5 heteroatoms. The molecule has 0 unspecified atom stereocenters. The number of hydrogen-bond donors (Lipinski definition) is 1. The fourth-order valence-electron chi connectivity index (χ4n) is 1.81. The van der Waals surface area contributed by atoms with E-state index in [-0.39, 0.29) is 0 Å². The van der Waals surface area contributed by atoms with E-state index in [1.54, 1.807) is 11.3 Å². The minimum atomic E-state index is 0.629. The molecule has 0 saturated heterocycles. The molecule has 0 aliphatic heterocycles. The van der Waals surface area contributed by atoms with Crippen LogP contribution in [0, 0.1) is 0 Å². The average molecular weight is 330 g/mol. The van der Waals surface area contributed by atoms with Crippen LogP contribution in [0.3, 0.4) is 0 Å². The van der Waals surface area contributed by atoms with Crippen LogP contribution in [-0.2, 0) is 13.0 Å². The molecule has 1 heterocycles. The Balaban J connectivity index is 1.70. The molecule has 0 aliphatic carbocycles. The second-order valence-corrected chi connectivity index (χ2v) is 6.54. The molecule has 2 rings (SSSR count). The van der Waals surface area contributed by atoms with E-state index in [0.717, 1.165) is 40.2 Å². The number of aryl methyl sites for hydroxylation is 1. The largest absolute Gasteiger partial charge is 0.492 e. The third kappa shape index (κ3) is 4.67. The Hall–Kier alpha value is -0.740. The quantitative estimate of drug-likeness (QED) is 0.737. The number of benzene rings is 1. The van der Waals surface area contributed by atoms with Gasteiger partial charge in [-0.1, -0.05) is 30.1 Å². The summed E-state index contributed by atoms with van der Waals surface area (Å²) in [6.45, 7) is 4.32. The normalized spacial score (nSPS) is 10.8. The molecular weight excluding hydrogens is 313 g/mol. The topological polar surface area (TPSA) is 21.3 Å². The molecule has 0 aliphatic rings. The molecule has 1 N–H and O–H groups in total. The summed E-state index contributed by atoms with van der Waals surface area (Å²) in [6, 6.07) is 9.74. The summed E-state index contributed by atoms with van der Waals surface area (Å²) < 4.78 is 6.53. The van der Waals surface area contributed by atoms with Crippen LogP contribution in [0.2, 0.25) is 9.36 Å². The molecule has 0 fully saturated rings. The summed E-state index contributed by atoms with van der Waals surface area (Å²) in [7, 11) is 0. The molecular formula is C15H17Cl2NOS.